The van der Waals surface area contributed by atoms with Crippen molar-refractivity contribution in [3.8, 4) is 0 Å². The van der Waals surface area contributed by atoms with Gasteiger partial charge in [0, 0.05) is 22.7 Å². The van der Waals surface area contributed by atoms with Crippen molar-refractivity contribution in [3.05, 3.63) is 69.8 Å². The third-order valence-electron chi connectivity index (χ3n) is 5.12. The average Bonchev–Trinajstić information content (AvgIpc) is 3.12. The van der Waals surface area contributed by atoms with Crippen LogP contribution in [0.3, 0.4) is 0 Å². The van der Waals surface area contributed by atoms with E-state index in [1.165, 1.54) is 6.08 Å². The summed E-state index contributed by atoms with van der Waals surface area (Å²) in [5.74, 6) is -2.35. The third-order valence-corrected chi connectivity index (χ3v) is 6.21. The number of hydrogen-bond acceptors (Lipinski definition) is 4. The lowest BCUT2D eigenvalue weighted by Crippen LogP contribution is -2.54. The lowest BCUT2D eigenvalue weighted by Gasteiger charge is -2.29. The Balaban J connectivity index is 1.85. The van der Waals surface area contributed by atoms with E-state index in [9.17, 15) is 19.5 Å². The minimum absolute atomic E-state index is 0.118. The molecule has 1 saturated heterocycles. The van der Waals surface area contributed by atoms with Gasteiger partial charge >= 0.3 is 5.97 Å². The molecule has 7 nitrogen and oxygen atoms in total. The minimum atomic E-state index is -1.01. The molecule has 1 unspecified atom stereocenters. The lowest BCUT2D eigenvalue weighted by molar-refractivity contribution is -0.140. The highest BCUT2D eigenvalue weighted by atomic mass is 35.5. The molecule has 3 aromatic rings. The molecule has 1 aliphatic heterocycles. The van der Waals surface area contributed by atoms with E-state index >= 15 is 0 Å². The highest BCUT2D eigenvalue weighted by molar-refractivity contribution is 7.80. The first-order valence-electron chi connectivity index (χ1n) is 9.38. The molecule has 1 aromatic heterocycles. The monoisotopic (exact) mass is 487 g/mol. The zero-order valence-electron chi connectivity index (χ0n) is 16.5. The fourth-order valence-corrected chi connectivity index (χ4v) is 4.14. The molecular formula is C22H15Cl2N3O4S. The first-order chi connectivity index (χ1) is 15.2. The fourth-order valence-electron chi connectivity index (χ4n) is 3.48. The first kappa shape index (κ1) is 22.0. The van der Waals surface area contributed by atoms with Crippen LogP contribution >= 0.6 is 35.4 Å². The number of benzene rings is 2. The molecular weight excluding hydrogens is 473 g/mol. The van der Waals surface area contributed by atoms with Gasteiger partial charge in [-0.25, -0.2) is 4.79 Å². The molecule has 10 heteroatoms. The van der Waals surface area contributed by atoms with Crippen molar-refractivity contribution in [2.24, 2.45) is 0 Å². The maximum Gasteiger partial charge on any atom is 0.326 e. The molecule has 2 amide bonds. The van der Waals surface area contributed by atoms with E-state index in [1.807, 2.05) is 0 Å². The fraction of sp³-hybridized carbons (Fsp3) is 0.0909. The number of rotatable bonds is 4. The van der Waals surface area contributed by atoms with Gasteiger partial charge in [-0.15, -0.1) is 0 Å². The number of aromatic nitrogens is 1. The van der Waals surface area contributed by atoms with Crippen molar-refractivity contribution >= 4 is 81.0 Å². The summed E-state index contributed by atoms with van der Waals surface area (Å²) in [7, 11) is 0. The van der Waals surface area contributed by atoms with Gasteiger partial charge in [0.2, 0.25) is 0 Å². The van der Waals surface area contributed by atoms with Crippen LogP contribution in [0.1, 0.15) is 18.5 Å². The number of amides is 2. The number of aliphatic carboxylic acids is 1. The van der Waals surface area contributed by atoms with E-state index < -0.39 is 23.8 Å². The van der Waals surface area contributed by atoms with Gasteiger partial charge in [0.25, 0.3) is 11.8 Å². The summed E-state index contributed by atoms with van der Waals surface area (Å²) < 4.78 is 1.57. The number of carboxylic acids is 1. The molecule has 1 atom stereocenters. The number of nitrogens with zero attached hydrogens (tertiary/aromatic N) is 2. The van der Waals surface area contributed by atoms with Gasteiger partial charge in [-0.05, 0) is 43.4 Å². The molecule has 162 valence electrons. The van der Waals surface area contributed by atoms with E-state index in [-0.39, 0.29) is 26.4 Å². The van der Waals surface area contributed by atoms with Gasteiger partial charge < -0.3 is 9.67 Å². The quantitative estimate of drug-likeness (QED) is 0.322. The number of carbonyl (C=O) groups is 3. The van der Waals surface area contributed by atoms with Crippen molar-refractivity contribution in [1.29, 1.82) is 0 Å². The number of para-hydroxylation sites is 1. The number of hydrogen-bond donors (Lipinski definition) is 2. The minimum Gasteiger partial charge on any atom is -0.480 e. The first-order valence-corrected chi connectivity index (χ1v) is 10.5. The van der Waals surface area contributed by atoms with E-state index in [0.717, 1.165) is 4.90 Å². The highest BCUT2D eigenvalue weighted by Crippen LogP contribution is 2.35. The molecule has 0 radical (unpaired) electrons. The van der Waals surface area contributed by atoms with E-state index in [2.05, 4.69) is 5.32 Å². The number of halogens is 2. The Morgan fingerprint density at radius 1 is 1.16 bits per heavy atom. The zero-order valence-corrected chi connectivity index (χ0v) is 18.8. The normalized spacial score (nSPS) is 16.5. The second kappa shape index (κ2) is 8.38. The molecule has 0 spiro atoms. The van der Waals surface area contributed by atoms with Crippen molar-refractivity contribution in [2.45, 2.75) is 13.0 Å². The summed E-state index contributed by atoms with van der Waals surface area (Å²) in [6.07, 6.45) is 3.01. The largest absolute Gasteiger partial charge is 0.480 e. The number of anilines is 1. The summed E-state index contributed by atoms with van der Waals surface area (Å²) in [5, 5.41) is 12.9. The Labute approximate surface area is 197 Å². The maximum atomic E-state index is 13.3. The smallest absolute Gasteiger partial charge is 0.326 e. The Morgan fingerprint density at radius 2 is 1.88 bits per heavy atom. The van der Waals surface area contributed by atoms with Crippen molar-refractivity contribution in [1.82, 2.24) is 9.88 Å². The second-order valence-corrected chi connectivity index (χ2v) is 8.23. The Morgan fingerprint density at radius 3 is 2.59 bits per heavy atom. The second-order valence-electron chi connectivity index (χ2n) is 7.05. The van der Waals surface area contributed by atoms with Crippen LogP contribution in [0.15, 0.2) is 54.2 Å². The number of nitrogens with one attached hydrogen (secondary N) is 1. The summed E-state index contributed by atoms with van der Waals surface area (Å²) in [6, 6.07) is 11.0. The van der Waals surface area contributed by atoms with Crippen molar-refractivity contribution in [3.63, 3.8) is 0 Å². The molecule has 2 heterocycles. The summed E-state index contributed by atoms with van der Waals surface area (Å²) in [5.41, 5.74) is 1.22. The van der Waals surface area contributed by atoms with Crippen LogP contribution in [0.2, 0.25) is 10.0 Å². The standard InChI is InChI=1S/C22H15Cl2N3O4S/c1-11(21(30)31)26-10-12(13-5-2-3-7-16(13)26)9-14-19(28)25-22(32)27(20(14)29)17-8-4-6-15(23)18(17)24/h2-11H,1H3,(H,30,31)(H,25,28,32)/b14-9-. The lowest BCUT2D eigenvalue weighted by atomic mass is 10.1. The average molecular weight is 488 g/mol. The number of thiocarbonyl (C=S) groups is 1. The van der Waals surface area contributed by atoms with Gasteiger partial charge in [0.15, 0.2) is 5.11 Å². The van der Waals surface area contributed by atoms with E-state index in [1.54, 1.807) is 60.2 Å². The van der Waals surface area contributed by atoms with Crippen LogP contribution in [0.25, 0.3) is 17.0 Å². The van der Waals surface area contributed by atoms with Gasteiger partial charge in [-0.2, -0.15) is 0 Å². The van der Waals surface area contributed by atoms with E-state index in [4.69, 9.17) is 35.4 Å². The van der Waals surface area contributed by atoms with Gasteiger partial charge in [0.1, 0.15) is 11.6 Å². The Hall–Kier alpha value is -3.20. The maximum absolute atomic E-state index is 13.3. The van der Waals surface area contributed by atoms with Gasteiger partial charge in [0.05, 0.1) is 15.7 Å². The SMILES string of the molecule is CC(C(=O)O)n1cc(/C=C2/C(=O)NC(=S)N(c3cccc(Cl)c3Cl)C2=O)c2ccccc21. The molecule has 2 aromatic carbocycles. The van der Waals surface area contributed by atoms with Crippen LogP contribution in [0.4, 0.5) is 5.69 Å². The number of carbonyl (C=O) groups excluding carboxylic acids is 2. The van der Waals surface area contributed by atoms with Gasteiger partial charge in [-0.1, -0.05) is 47.5 Å². The predicted molar refractivity (Wildman–Crippen MR) is 127 cm³/mol. The van der Waals surface area contributed by atoms with Crippen LogP contribution in [0.5, 0.6) is 0 Å². The van der Waals surface area contributed by atoms with Gasteiger partial charge in [-0.3, -0.25) is 19.8 Å². The number of fused-ring (bicyclic) bond motifs is 1. The molecule has 1 fully saturated rings. The predicted octanol–water partition coefficient (Wildman–Crippen LogP) is 4.43. The topological polar surface area (TPSA) is 91.6 Å². The zero-order chi connectivity index (χ0) is 23.2. The highest BCUT2D eigenvalue weighted by Gasteiger charge is 2.36. The molecule has 0 saturated carbocycles. The summed E-state index contributed by atoms with van der Waals surface area (Å²) in [6.45, 7) is 1.55. The Bertz CT molecular complexity index is 1350. The van der Waals surface area contributed by atoms with Crippen LogP contribution in [-0.2, 0) is 14.4 Å². The van der Waals surface area contributed by atoms with Crippen LogP contribution < -0.4 is 10.2 Å². The summed E-state index contributed by atoms with van der Waals surface area (Å²) >= 11 is 17.6. The molecule has 0 bridgehead atoms. The molecule has 0 aliphatic carbocycles. The molecule has 1 aliphatic rings. The van der Waals surface area contributed by atoms with Crippen LogP contribution in [0, 0.1) is 0 Å². The molecule has 32 heavy (non-hydrogen) atoms. The number of carboxylic acid groups (broad SMARTS) is 1. The third kappa shape index (κ3) is 3.66. The molecule has 2 N–H and O–H groups in total. The summed E-state index contributed by atoms with van der Waals surface area (Å²) in [4.78, 5) is 38.6. The van der Waals surface area contributed by atoms with Crippen LogP contribution in [-0.4, -0.2) is 32.6 Å². The van der Waals surface area contributed by atoms with Crippen molar-refractivity contribution < 1.29 is 19.5 Å². The van der Waals surface area contributed by atoms with Crippen molar-refractivity contribution in [2.75, 3.05) is 4.90 Å². The Kier molecular flexibility index (Phi) is 5.77. The molecule has 4 rings (SSSR count). The van der Waals surface area contributed by atoms with E-state index in [0.29, 0.717) is 16.5 Å².